The quantitative estimate of drug-likeness (QED) is 0.791. The molecule has 8 nitrogen and oxygen atoms in total. The highest BCUT2D eigenvalue weighted by Gasteiger charge is 2.31. The molecule has 2 heterocycles. The fraction of sp³-hybridized carbons (Fsp3) is 0.500. The number of sulfonamides is 1. The fourth-order valence-electron chi connectivity index (χ4n) is 1.65. The first kappa shape index (κ1) is 13.7. The van der Waals surface area contributed by atoms with Gasteiger partial charge in [0.05, 0.1) is 31.6 Å². The van der Waals surface area contributed by atoms with Gasteiger partial charge < -0.3 is 10.1 Å². The van der Waals surface area contributed by atoms with Crippen LogP contribution in [-0.4, -0.2) is 55.5 Å². The van der Waals surface area contributed by atoms with Crippen LogP contribution in [0.15, 0.2) is 17.3 Å². The van der Waals surface area contributed by atoms with Crippen molar-refractivity contribution in [2.45, 2.75) is 11.0 Å². The SMILES string of the molecule is CNc1ncc(S(=O)(=O)N2CCOC(C#N)C2)cn1. The molecule has 2 rings (SSSR count). The van der Waals surface area contributed by atoms with Crippen LogP contribution in [0.2, 0.25) is 0 Å². The number of nitrogens with one attached hydrogen (secondary N) is 1. The summed E-state index contributed by atoms with van der Waals surface area (Å²) in [6.45, 7) is 0.438. The second kappa shape index (κ2) is 5.48. The molecule has 0 aromatic carbocycles. The normalized spacial score (nSPS) is 20.7. The van der Waals surface area contributed by atoms with Crippen LogP contribution in [0.4, 0.5) is 5.95 Å². The van der Waals surface area contributed by atoms with Crippen LogP contribution >= 0.6 is 0 Å². The van der Waals surface area contributed by atoms with Gasteiger partial charge >= 0.3 is 0 Å². The van der Waals surface area contributed by atoms with E-state index in [0.717, 1.165) is 0 Å². The van der Waals surface area contributed by atoms with E-state index in [0.29, 0.717) is 5.95 Å². The Balaban J connectivity index is 2.23. The predicted molar refractivity (Wildman–Crippen MR) is 65.7 cm³/mol. The van der Waals surface area contributed by atoms with Crippen LogP contribution in [0.5, 0.6) is 0 Å². The smallest absolute Gasteiger partial charge is 0.246 e. The number of nitriles is 1. The molecule has 1 aliphatic rings. The molecule has 0 aliphatic carbocycles. The number of aromatic nitrogens is 2. The molecular weight excluding hydrogens is 270 g/mol. The van der Waals surface area contributed by atoms with E-state index >= 15 is 0 Å². The first-order chi connectivity index (χ1) is 9.07. The summed E-state index contributed by atoms with van der Waals surface area (Å²) < 4.78 is 30.9. The monoisotopic (exact) mass is 283 g/mol. The van der Waals surface area contributed by atoms with Crippen LogP contribution < -0.4 is 5.32 Å². The summed E-state index contributed by atoms with van der Waals surface area (Å²) in [5.41, 5.74) is 0. The maximum Gasteiger partial charge on any atom is 0.246 e. The van der Waals surface area contributed by atoms with Crippen molar-refractivity contribution < 1.29 is 13.2 Å². The number of rotatable bonds is 3. The third kappa shape index (κ3) is 2.81. The van der Waals surface area contributed by atoms with Crippen molar-refractivity contribution in [3.05, 3.63) is 12.4 Å². The van der Waals surface area contributed by atoms with Gasteiger partial charge in [-0.3, -0.25) is 0 Å². The summed E-state index contributed by atoms with van der Waals surface area (Å²) in [7, 11) is -2.04. The van der Waals surface area contributed by atoms with E-state index in [9.17, 15) is 8.42 Å². The molecule has 0 radical (unpaired) electrons. The molecule has 1 unspecified atom stereocenters. The highest BCUT2D eigenvalue weighted by Crippen LogP contribution is 2.17. The number of ether oxygens (including phenoxy) is 1. The van der Waals surface area contributed by atoms with Gasteiger partial charge in [-0.1, -0.05) is 0 Å². The second-order valence-corrected chi connectivity index (χ2v) is 5.78. The maximum atomic E-state index is 12.3. The Labute approximate surface area is 111 Å². The number of anilines is 1. The molecule has 1 aromatic heterocycles. The summed E-state index contributed by atoms with van der Waals surface area (Å²) in [4.78, 5) is 7.75. The van der Waals surface area contributed by atoms with Gasteiger partial charge in [-0.25, -0.2) is 18.4 Å². The van der Waals surface area contributed by atoms with Gasteiger partial charge in [0.2, 0.25) is 16.0 Å². The van der Waals surface area contributed by atoms with Crippen molar-refractivity contribution in [2.24, 2.45) is 0 Å². The maximum absolute atomic E-state index is 12.3. The summed E-state index contributed by atoms with van der Waals surface area (Å²) in [5, 5.41) is 11.5. The number of hydrogen-bond donors (Lipinski definition) is 1. The molecule has 0 bridgehead atoms. The standard InChI is InChI=1S/C10H13N5O3S/c1-12-10-13-5-9(6-14-10)19(16,17)15-2-3-18-8(4-11)7-15/h5-6,8H,2-3,7H2,1H3,(H,12,13,14). The zero-order valence-corrected chi connectivity index (χ0v) is 11.1. The zero-order valence-electron chi connectivity index (χ0n) is 10.3. The summed E-state index contributed by atoms with van der Waals surface area (Å²) in [5.74, 6) is 0.343. The largest absolute Gasteiger partial charge is 0.361 e. The Morgan fingerprint density at radius 1 is 1.53 bits per heavy atom. The lowest BCUT2D eigenvalue weighted by Gasteiger charge is -2.28. The first-order valence-corrected chi connectivity index (χ1v) is 7.03. The van der Waals surface area contributed by atoms with E-state index in [2.05, 4.69) is 15.3 Å². The second-order valence-electron chi connectivity index (χ2n) is 3.84. The third-order valence-corrected chi connectivity index (χ3v) is 4.48. The molecule has 1 atom stereocenters. The fourth-order valence-corrected chi connectivity index (χ4v) is 2.97. The van der Waals surface area contributed by atoms with Gasteiger partial charge in [0.1, 0.15) is 4.90 Å². The molecule has 1 saturated heterocycles. The molecule has 1 N–H and O–H groups in total. The molecule has 0 amide bonds. The lowest BCUT2D eigenvalue weighted by atomic mass is 10.3. The van der Waals surface area contributed by atoms with Gasteiger partial charge in [-0.2, -0.15) is 9.57 Å². The number of morpholine rings is 1. The van der Waals surface area contributed by atoms with E-state index in [1.165, 1.54) is 16.7 Å². The van der Waals surface area contributed by atoms with Gasteiger partial charge in [0.25, 0.3) is 0 Å². The third-order valence-electron chi connectivity index (χ3n) is 2.66. The van der Waals surface area contributed by atoms with Crippen molar-refractivity contribution in [1.29, 1.82) is 5.26 Å². The van der Waals surface area contributed by atoms with Crippen LogP contribution in [-0.2, 0) is 14.8 Å². The van der Waals surface area contributed by atoms with Crippen molar-refractivity contribution in [2.75, 3.05) is 32.1 Å². The van der Waals surface area contributed by atoms with Crippen molar-refractivity contribution in [3.8, 4) is 6.07 Å². The van der Waals surface area contributed by atoms with Crippen LogP contribution in [0.1, 0.15) is 0 Å². The van der Waals surface area contributed by atoms with E-state index in [-0.39, 0.29) is 24.6 Å². The average Bonchev–Trinajstić information content (AvgIpc) is 2.47. The molecule has 9 heteroatoms. The Morgan fingerprint density at radius 2 is 2.21 bits per heavy atom. The van der Waals surface area contributed by atoms with Crippen LogP contribution in [0.25, 0.3) is 0 Å². The average molecular weight is 283 g/mol. The minimum Gasteiger partial charge on any atom is -0.361 e. The molecule has 0 spiro atoms. The van der Waals surface area contributed by atoms with Gasteiger partial charge in [-0.05, 0) is 0 Å². The lowest BCUT2D eigenvalue weighted by molar-refractivity contribution is 0.0311. The van der Waals surface area contributed by atoms with Gasteiger partial charge in [0.15, 0.2) is 6.10 Å². The molecule has 0 saturated carbocycles. The number of nitrogens with zero attached hydrogens (tertiary/aromatic N) is 4. The minimum absolute atomic E-state index is 0.00471. The molecular formula is C10H13N5O3S. The van der Waals surface area contributed by atoms with Gasteiger partial charge in [-0.15, -0.1) is 0 Å². The van der Waals surface area contributed by atoms with Crippen molar-refractivity contribution >= 4 is 16.0 Å². The Bertz CT molecular complexity index is 580. The highest BCUT2D eigenvalue weighted by atomic mass is 32.2. The summed E-state index contributed by atoms with van der Waals surface area (Å²) in [6.07, 6.45) is 1.75. The topological polar surface area (TPSA) is 108 Å². The van der Waals surface area contributed by atoms with Crippen LogP contribution in [0.3, 0.4) is 0 Å². The Morgan fingerprint density at radius 3 is 2.79 bits per heavy atom. The summed E-state index contributed by atoms with van der Waals surface area (Å²) >= 11 is 0. The molecule has 1 aliphatic heterocycles. The molecule has 1 aromatic rings. The molecule has 19 heavy (non-hydrogen) atoms. The summed E-state index contributed by atoms with van der Waals surface area (Å²) in [6, 6.07) is 1.91. The number of hydrogen-bond acceptors (Lipinski definition) is 7. The van der Waals surface area contributed by atoms with Crippen molar-refractivity contribution in [1.82, 2.24) is 14.3 Å². The predicted octanol–water partition coefficient (Wildman–Crippen LogP) is -0.569. The first-order valence-electron chi connectivity index (χ1n) is 5.59. The van der Waals surface area contributed by atoms with E-state index in [4.69, 9.17) is 10.00 Å². The Hall–Kier alpha value is -1.76. The Kier molecular flexibility index (Phi) is 3.94. The van der Waals surface area contributed by atoms with E-state index in [1.54, 1.807) is 7.05 Å². The minimum atomic E-state index is -3.68. The van der Waals surface area contributed by atoms with Crippen molar-refractivity contribution in [3.63, 3.8) is 0 Å². The van der Waals surface area contributed by atoms with Crippen LogP contribution in [0, 0.1) is 11.3 Å². The van der Waals surface area contributed by atoms with Gasteiger partial charge in [0, 0.05) is 13.6 Å². The zero-order chi connectivity index (χ0) is 13.9. The molecule has 1 fully saturated rings. The molecule has 102 valence electrons. The van der Waals surface area contributed by atoms with E-state index < -0.39 is 16.1 Å². The lowest BCUT2D eigenvalue weighted by Crippen LogP contribution is -2.45. The highest BCUT2D eigenvalue weighted by molar-refractivity contribution is 7.89. The van der Waals surface area contributed by atoms with E-state index in [1.807, 2.05) is 6.07 Å².